The Morgan fingerprint density at radius 2 is 1.55 bits per heavy atom. The Morgan fingerprint density at radius 3 is 2.23 bits per heavy atom. The Labute approximate surface area is 129 Å². The first-order valence-electron chi connectivity index (χ1n) is 6.89. The molecule has 2 aromatic carbocycles. The summed E-state index contributed by atoms with van der Waals surface area (Å²) in [6.07, 6.45) is 0. The number of anilines is 2. The van der Waals surface area contributed by atoms with Crippen LogP contribution in [-0.4, -0.2) is 27.9 Å². The Kier molecular flexibility index (Phi) is 3.62. The zero-order chi connectivity index (χ0) is 15.7. The SMILES string of the molecule is CN1C(=O)CN(S(=O)(=O)Cc2ccccc2)c2ccccc21. The number of fused-ring (bicyclic) bond motifs is 1. The van der Waals surface area contributed by atoms with E-state index in [4.69, 9.17) is 0 Å². The highest BCUT2D eigenvalue weighted by Crippen LogP contribution is 2.34. The molecule has 5 nitrogen and oxygen atoms in total. The number of hydrogen-bond donors (Lipinski definition) is 0. The molecule has 3 rings (SSSR count). The van der Waals surface area contributed by atoms with E-state index in [0.717, 1.165) is 0 Å². The van der Waals surface area contributed by atoms with Gasteiger partial charge in [0.05, 0.1) is 17.1 Å². The van der Waals surface area contributed by atoms with E-state index < -0.39 is 10.0 Å². The molecular weight excluding hydrogens is 300 g/mol. The standard InChI is InChI=1S/C16H16N2O3S/c1-17-14-9-5-6-10-15(14)18(11-16(17)19)22(20,21)12-13-7-3-2-4-8-13/h2-10H,11-12H2,1H3. The summed E-state index contributed by atoms with van der Waals surface area (Å²) in [5.41, 5.74) is 1.85. The van der Waals surface area contributed by atoms with Gasteiger partial charge in [-0.05, 0) is 17.7 Å². The number of carbonyl (C=O) groups excluding carboxylic acids is 1. The summed E-state index contributed by atoms with van der Waals surface area (Å²) in [5.74, 6) is -0.366. The molecule has 6 heteroatoms. The Hall–Kier alpha value is -2.34. The van der Waals surface area contributed by atoms with Crippen LogP contribution >= 0.6 is 0 Å². The zero-order valence-corrected chi connectivity index (χ0v) is 13.0. The van der Waals surface area contributed by atoms with Crippen LogP contribution < -0.4 is 9.21 Å². The first-order chi connectivity index (χ1) is 10.5. The molecule has 0 unspecified atom stereocenters. The lowest BCUT2D eigenvalue weighted by atomic mass is 10.2. The maximum Gasteiger partial charge on any atom is 0.247 e. The maximum absolute atomic E-state index is 12.7. The molecule has 0 atom stereocenters. The summed E-state index contributed by atoms with van der Waals surface area (Å²) in [7, 11) is -1.97. The molecule has 0 N–H and O–H groups in total. The van der Waals surface area contributed by atoms with Crippen molar-refractivity contribution in [2.45, 2.75) is 5.75 Å². The van der Waals surface area contributed by atoms with E-state index in [0.29, 0.717) is 16.9 Å². The summed E-state index contributed by atoms with van der Waals surface area (Å²) < 4.78 is 26.7. The number of nitrogens with zero attached hydrogens (tertiary/aromatic N) is 2. The van der Waals surface area contributed by atoms with Crippen LogP contribution in [0, 0.1) is 0 Å². The van der Waals surface area contributed by atoms with Crippen molar-refractivity contribution >= 4 is 27.3 Å². The highest BCUT2D eigenvalue weighted by molar-refractivity contribution is 7.92. The summed E-state index contributed by atoms with van der Waals surface area (Å²) in [5, 5.41) is 0. The van der Waals surface area contributed by atoms with E-state index in [-0.39, 0.29) is 18.2 Å². The van der Waals surface area contributed by atoms with Gasteiger partial charge in [0.2, 0.25) is 15.9 Å². The zero-order valence-electron chi connectivity index (χ0n) is 12.1. The topological polar surface area (TPSA) is 57.7 Å². The minimum Gasteiger partial charge on any atom is -0.312 e. The van der Waals surface area contributed by atoms with Gasteiger partial charge in [-0.3, -0.25) is 9.10 Å². The van der Waals surface area contributed by atoms with E-state index in [1.54, 1.807) is 55.6 Å². The molecule has 0 radical (unpaired) electrons. The summed E-state index contributed by atoms with van der Waals surface area (Å²) in [6.45, 7) is -0.164. The quantitative estimate of drug-likeness (QED) is 0.870. The number of likely N-dealkylation sites (N-methyl/N-ethyl adjacent to an activating group) is 1. The summed E-state index contributed by atoms with van der Waals surface area (Å²) in [6, 6.07) is 16.0. The first-order valence-corrected chi connectivity index (χ1v) is 8.50. The predicted octanol–water partition coefficient (Wildman–Crippen LogP) is 2.00. The molecule has 0 bridgehead atoms. The maximum atomic E-state index is 12.7. The van der Waals surface area contributed by atoms with Gasteiger partial charge >= 0.3 is 0 Å². The average Bonchev–Trinajstić information content (AvgIpc) is 2.51. The normalized spacial score (nSPS) is 14.9. The van der Waals surface area contributed by atoms with Gasteiger partial charge in [-0.15, -0.1) is 0 Å². The van der Waals surface area contributed by atoms with E-state index in [1.807, 2.05) is 6.07 Å². The molecule has 1 heterocycles. The number of para-hydroxylation sites is 2. The molecule has 2 aromatic rings. The van der Waals surface area contributed by atoms with Crippen molar-refractivity contribution in [1.29, 1.82) is 0 Å². The van der Waals surface area contributed by atoms with Crippen LogP contribution in [0.2, 0.25) is 0 Å². The third kappa shape index (κ3) is 2.57. The van der Waals surface area contributed by atoms with Crippen molar-refractivity contribution in [3.8, 4) is 0 Å². The van der Waals surface area contributed by atoms with Gasteiger partial charge in [-0.25, -0.2) is 8.42 Å². The van der Waals surface area contributed by atoms with Gasteiger partial charge in [0, 0.05) is 7.05 Å². The van der Waals surface area contributed by atoms with Gasteiger partial charge in [-0.2, -0.15) is 0 Å². The second-order valence-corrected chi connectivity index (χ2v) is 7.08. The Bertz CT molecular complexity index is 803. The summed E-state index contributed by atoms with van der Waals surface area (Å²) >= 11 is 0. The van der Waals surface area contributed by atoms with Crippen molar-refractivity contribution in [2.24, 2.45) is 0 Å². The van der Waals surface area contributed by atoms with Gasteiger partial charge in [0.15, 0.2) is 0 Å². The Morgan fingerprint density at radius 1 is 0.955 bits per heavy atom. The molecule has 22 heavy (non-hydrogen) atoms. The lowest BCUT2D eigenvalue weighted by molar-refractivity contribution is -0.117. The van der Waals surface area contributed by atoms with Crippen molar-refractivity contribution in [1.82, 2.24) is 0 Å². The number of benzene rings is 2. The van der Waals surface area contributed by atoms with Crippen LogP contribution in [0.25, 0.3) is 0 Å². The smallest absolute Gasteiger partial charge is 0.247 e. The average molecular weight is 316 g/mol. The molecule has 1 aliphatic rings. The third-order valence-corrected chi connectivity index (χ3v) is 5.39. The summed E-state index contributed by atoms with van der Waals surface area (Å²) in [4.78, 5) is 13.6. The molecule has 0 spiro atoms. The minimum atomic E-state index is -3.62. The monoisotopic (exact) mass is 316 g/mol. The highest BCUT2D eigenvalue weighted by Gasteiger charge is 2.33. The van der Waals surface area contributed by atoms with Crippen LogP contribution in [0.4, 0.5) is 11.4 Å². The largest absolute Gasteiger partial charge is 0.312 e. The van der Waals surface area contributed by atoms with Crippen molar-refractivity contribution in [3.05, 3.63) is 60.2 Å². The molecule has 0 saturated carbocycles. The molecule has 1 aliphatic heterocycles. The second-order valence-electron chi connectivity index (χ2n) is 5.19. The molecule has 0 saturated heterocycles. The number of hydrogen-bond acceptors (Lipinski definition) is 3. The van der Waals surface area contributed by atoms with Crippen LogP contribution in [0.5, 0.6) is 0 Å². The highest BCUT2D eigenvalue weighted by atomic mass is 32.2. The molecular formula is C16H16N2O3S. The van der Waals surface area contributed by atoms with Crippen molar-refractivity contribution in [3.63, 3.8) is 0 Å². The third-order valence-electron chi connectivity index (χ3n) is 3.69. The lowest BCUT2D eigenvalue weighted by Crippen LogP contribution is -2.46. The molecule has 0 aliphatic carbocycles. The van der Waals surface area contributed by atoms with E-state index in [1.165, 1.54) is 9.21 Å². The number of rotatable bonds is 3. The van der Waals surface area contributed by atoms with Crippen LogP contribution in [-0.2, 0) is 20.6 Å². The van der Waals surface area contributed by atoms with Crippen LogP contribution in [0.1, 0.15) is 5.56 Å². The van der Waals surface area contributed by atoms with Crippen molar-refractivity contribution in [2.75, 3.05) is 22.8 Å². The van der Waals surface area contributed by atoms with E-state index in [2.05, 4.69) is 0 Å². The number of carbonyl (C=O) groups is 1. The van der Waals surface area contributed by atoms with Gasteiger partial charge in [-0.1, -0.05) is 42.5 Å². The fourth-order valence-corrected chi connectivity index (χ4v) is 4.05. The molecule has 0 fully saturated rings. The van der Waals surface area contributed by atoms with Gasteiger partial charge in [0.1, 0.15) is 6.54 Å². The van der Waals surface area contributed by atoms with Crippen LogP contribution in [0.15, 0.2) is 54.6 Å². The first kappa shape index (κ1) is 14.6. The molecule has 1 amide bonds. The van der Waals surface area contributed by atoms with E-state index >= 15 is 0 Å². The minimum absolute atomic E-state index is 0.126. The fraction of sp³-hybridized carbons (Fsp3) is 0.188. The van der Waals surface area contributed by atoms with Gasteiger partial charge < -0.3 is 4.90 Å². The van der Waals surface area contributed by atoms with Crippen molar-refractivity contribution < 1.29 is 13.2 Å². The Balaban J connectivity index is 2.01. The lowest BCUT2D eigenvalue weighted by Gasteiger charge is -2.34. The number of sulfonamides is 1. The molecule has 114 valence electrons. The van der Waals surface area contributed by atoms with Gasteiger partial charge in [0.25, 0.3) is 0 Å². The molecule has 0 aromatic heterocycles. The second kappa shape index (κ2) is 5.46. The van der Waals surface area contributed by atoms with E-state index in [9.17, 15) is 13.2 Å². The number of amides is 1. The predicted molar refractivity (Wildman–Crippen MR) is 86.3 cm³/mol. The fourth-order valence-electron chi connectivity index (χ4n) is 2.52. The van der Waals surface area contributed by atoms with Crippen LogP contribution in [0.3, 0.4) is 0 Å².